The lowest BCUT2D eigenvalue weighted by Crippen LogP contribution is -2.51. The number of anilines is 1. The fourth-order valence-corrected chi connectivity index (χ4v) is 1.91. The predicted octanol–water partition coefficient (Wildman–Crippen LogP) is 2.63. The van der Waals surface area contributed by atoms with Crippen LogP contribution < -0.4 is 5.01 Å². The number of cyclic esters (lactones) is 1. The van der Waals surface area contributed by atoms with E-state index in [1.165, 1.54) is 30.6 Å². The molecule has 1 aliphatic rings. The minimum absolute atomic E-state index is 0.290. The molecule has 114 valence electrons. The number of carbonyl (C=O) groups excluding carboxylic acids is 1. The molecule has 22 heavy (non-hydrogen) atoms. The molecule has 0 radical (unpaired) electrons. The molecule has 0 saturated carbocycles. The summed E-state index contributed by atoms with van der Waals surface area (Å²) in [6.45, 7) is 0. The van der Waals surface area contributed by atoms with Gasteiger partial charge in [0.1, 0.15) is 0 Å². The van der Waals surface area contributed by atoms with E-state index in [0.29, 0.717) is 0 Å². The van der Waals surface area contributed by atoms with E-state index in [4.69, 9.17) is 0 Å². The number of ether oxygens (including phenoxy) is 1. The number of amides is 1. The van der Waals surface area contributed by atoms with Crippen LogP contribution in [0, 0.1) is 0 Å². The van der Waals surface area contributed by atoms with E-state index in [-0.39, 0.29) is 5.69 Å². The Morgan fingerprint density at radius 3 is 2.45 bits per heavy atom. The molecule has 1 unspecified atom stereocenters. The highest BCUT2D eigenvalue weighted by atomic mass is 19.4. The fourth-order valence-electron chi connectivity index (χ4n) is 1.91. The van der Waals surface area contributed by atoms with Gasteiger partial charge in [-0.25, -0.2) is 9.48 Å². The van der Waals surface area contributed by atoms with Crippen molar-refractivity contribution < 1.29 is 22.7 Å². The Bertz CT molecular complexity index is 698. The van der Waals surface area contributed by atoms with Gasteiger partial charge in [-0.2, -0.15) is 23.3 Å². The molecule has 1 amide bonds. The lowest BCUT2D eigenvalue weighted by atomic mass is 10.3. The largest absolute Gasteiger partial charge is 0.436 e. The number of hydrogen-bond acceptors (Lipinski definition) is 4. The van der Waals surface area contributed by atoms with Crippen LogP contribution in [0.5, 0.6) is 0 Å². The van der Waals surface area contributed by atoms with Crippen molar-refractivity contribution in [2.75, 3.05) is 5.01 Å². The predicted molar refractivity (Wildman–Crippen MR) is 70.3 cm³/mol. The van der Waals surface area contributed by atoms with Crippen molar-refractivity contribution in [2.24, 2.45) is 5.10 Å². The van der Waals surface area contributed by atoms with Crippen LogP contribution in [0.2, 0.25) is 0 Å². The monoisotopic (exact) mass is 310 g/mol. The molecule has 2 aromatic rings. The van der Waals surface area contributed by atoms with Gasteiger partial charge in [0.05, 0.1) is 5.69 Å². The van der Waals surface area contributed by atoms with Crippen molar-refractivity contribution in [3.63, 3.8) is 0 Å². The average Bonchev–Trinajstić information content (AvgIpc) is 3.01. The summed E-state index contributed by atoms with van der Waals surface area (Å²) in [5.41, 5.74) is 0.290. The normalized spacial score (nSPS) is 18.9. The lowest BCUT2D eigenvalue weighted by Gasteiger charge is -2.30. The van der Waals surface area contributed by atoms with Gasteiger partial charge in [-0.1, -0.05) is 18.2 Å². The van der Waals surface area contributed by atoms with E-state index in [9.17, 15) is 18.0 Å². The summed E-state index contributed by atoms with van der Waals surface area (Å²) < 4.78 is 44.6. The number of benzene rings is 1. The first kappa shape index (κ1) is 14.1. The number of rotatable bonds is 1. The first-order valence-electron chi connectivity index (χ1n) is 6.18. The summed E-state index contributed by atoms with van der Waals surface area (Å²) in [6.07, 6.45) is -5.87. The molecule has 1 aromatic heterocycles. The lowest BCUT2D eigenvalue weighted by molar-refractivity contribution is -0.182. The zero-order chi connectivity index (χ0) is 15.7. The number of aromatic nitrogens is 2. The van der Waals surface area contributed by atoms with Gasteiger partial charge in [-0.15, -0.1) is 5.10 Å². The zero-order valence-electron chi connectivity index (χ0n) is 10.9. The average molecular weight is 310 g/mol. The van der Waals surface area contributed by atoms with Gasteiger partial charge in [0.15, 0.2) is 0 Å². The van der Waals surface area contributed by atoms with Crippen molar-refractivity contribution in [1.82, 2.24) is 9.78 Å². The molecule has 9 heteroatoms. The summed E-state index contributed by atoms with van der Waals surface area (Å²) in [7, 11) is 0. The van der Waals surface area contributed by atoms with Gasteiger partial charge in [0.25, 0.3) is 6.10 Å². The summed E-state index contributed by atoms with van der Waals surface area (Å²) in [5, 5.41) is 8.27. The van der Waals surface area contributed by atoms with Crippen LogP contribution in [0.4, 0.5) is 23.7 Å². The maximum Gasteiger partial charge on any atom is 0.436 e. The summed E-state index contributed by atoms with van der Waals surface area (Å²) >= 11 is 0. The molecule has 2 heterocycles. The standard InChI is InChI=1S/C13H9F3N4O2/c14-13(15,16)10-11(19-8-4-7-17-19)18-20(12(21)22-10)9-5-2-1-3-6-9/h1-8,10H. The number of para-hydroxylation sites is 1. The Morgan fingerprint density at radius 1 is 1.14 bits per heavy atom. The van der Waals surface area contributed by atoms with Crippen LogP contribution in [0.3, 0.4) is 0 Å². The van der Waals surface area contributed by atoms with Gasteiger partial charge < -0.3 is 4.74 Å². The second kappa shape index (κ2) is 5.17. The van der Waals surface area contributed by atoms with Crippen LogP contribution in [0.25, 0.3) is 0 Å². The van der Waals surface area contributed by atoms with Crippen LogP contribution in [0.1, 0.15) is 0 Å². The molecule has 0 N–H and O–H groups in total. The van der Waals surface area contributed by atoms with Crippen molar-refractivity contribution in [1.29, 1.82) is 0 Å². The number of carbonyl (C=O) groups is 1. The molecule has 1 aromatic carbocycles. The molecule has 6 nitrogen and oxygen atoms in total. The minimum atomic E-state index is -4.79. The summed E-state index contributed by atoms with van der Waals surface area (Å²) in [4.78, 5) is 11.8. The molecular weight excluding hydrogens is 301 g/mol. The van der Waals surface area contributed by atoms with E-state index >= 15 is 0 Å². The van der Waals surface area contributed by atoms with Gasteiger partial charge in [-0.05, 0) is 18.2 Å². The first-order valence-corrected chi connectivity index (χ1v) is 6.18. The molecular formula is C13H9F3N4O2. The molecule has 1 atom stereocenters. The second-order valence-corrected chi connectivity index (χ2v) is 4.36. The zero-order valence-corrected chi connectivity index (χ0v) is 10.9. The van der Waals surface area contributed by atoms with E-state index < -0.39 is 24.2 Å². The maximum atomic E-state index is 13.1. The third-order valence-electron chi connectivity index (χ3n) is 2.87. The number of alkyl halides is 3. The highest BCUT2D eigenvalue weighted by Gasteiger charge is 2.51. The number of hydrazone groups is 1. The second-order valence-electron chi connectivity index (χ2n) is 4.36. The smallest absolute Gasteiger partial charge is 0.426 e. The Balaban J connectivity index is 2.08. The van der Waals surface area contributed by atoms with Gasteiger partial charge in [0, 0.05) is 12.4 Å². The highest BCUT2D eigenvalue weighted by molar-refractivity contribution is 5.99. The molecule has 0 spiro atoms. The van der Waals surface area contributed by atoms with E-state index in [1.807, 2.05) is 0 Å². The number of hydrogen-bond donors (Lipinski definition) is 0. The van der Waals surface area contributed by atoms with Crippen molar-refractivity contribution in [2.45, 2.75) is 12.3 Å². The third kappa shape index (κ3) is 2.52. The summed E-state index contributed by atoms with van der Waals surface area (Å²) in [6, 6.07) is 9.45. The number of nitrogens with zero attached hydrogens (tertiary/aromatic N) is 4. The molecule has 1 aliphatic heterocycles. The number of halogens is 3. The van der Waals surface area contributed by atoms with Gasteiger partial charge >= 0.3 is 12.3 Å². The van der Waals surface area contributed by atoms with E-state index in [2.05, 4.69) is 14.9 Å². The van der Waals surface area contributed by atoms with Crippen molar-refractivity contribution in [3.8, 4) is 0 Å². The Morgan fingerprint density at radius 2 is 1.86 bits per heavy atom. The Hall–Kier alpha value is -2.84. The van der Waals surface area contributed by atoms with Crippen LogP contribution in [0.15, 0.2) is 53.9 Å². The van der Waals surface area contributed by atoms with Crippen molar-refractivity contribution in [3.05, 3.63) is 48.8 Å². The van der Waals surface area contributed by atoms with Crippen LogP contribution in [-0.4, -0.2) is 34.0 Å². The maximum absolute atomic E-state index is 13.1. The topological polar surface area (TPSA) is 59.7 Å². The summed E-state index contributed by atoms with van der Waals surface area (Å²) in [5.74, 6) is -0.541. The van der Waals surface area contributed by atoms with E-state index in [1.54, 1.807) is 18.2 Å². The SMILES string of the molecule is O=C1OC(C(F)(F)F)C(n2cccn2)=NN1c1ccccc1. The molecule has 0 aliphatic carbocycles. The van der Waals surface area contributed by atoms with Gasteiger partial charge in [0.2, 0.25) is 5.84 Å². The van der Waals surface area contributed by atoms with Crippen molar-refractivity contribution >= 4 is 17.6 Å². The molecule has 0 bridgehead atoms. The first-order chi connectivity index (χ1) is 10.5. The highest BCUT2D eigenvalue weighted by Crippen LogP contribution is 2.29. The minimum Gasteiger partial charge on any atom is -0.426 e. The molecule has 0 saturated heterocycles. The molecule has 3 rings (SSSR count). The van der Waals surface area contributed by atoms with E-state index in [0.717, 1.165) is 9.69 Å². The van der Waals surface area contributed by atoms with Crippen LogP contribution in [-0.2, 0) is 4.74 Å². The quantitative estimate of drug-likeness (QED) is 0.813. The van der Waals surface area contributed by atoms with Crippen LogP contribution >= 0.6 is 0 Å². The Labute approximate surface area is 122 Å². The van der Waals surface area contributed by atoms with Gasteiger partial charge in [-0.3, -0.25) is 0 Å². The molecule has 0 fully saturated rings. The Kier molecular flexibility index (Phi) is 3.32. The fraction of sp³-hybridized carbons (Fsp3) is 0.154. The third-order valence-corrected chi connectivity index (χ3v) is 2.87.